The molecule has 0 spiro atoms. The minimum atomic E-state index is -0.695. The molecular formula is C20H22N6O4. The number of imide groups is 1. The van der Waals surface area contributed by atoms with Gasteiger partial charge in [0.25, 0.3) is 5.91 Å². The number of benzene rings is 1. The predicted molar refractivity (Wildman–Crippen MR) is 104 cm³/mol. The highest BCUT2D eigenvalue weighted by Gasteiger charge is 2.39. The summed E-state index contributed by atoms with van der Waals surface area (Å²) in [7, 11) is 0. The first kappa shape index (κ1) is 19.7. The van der Waals surface area contributed by atoms with Crippen LogP contribution in [0.1, 0.15) is 55.2 Å². The SMILES string of the molecule is CC(=O)NC(C)(C)c1cn(-c2ccc3c(c2)C(=O)N(C2CCC(=O)NC2=O)C3)nn1. The van der Waals surface area contributed by atoms with Gasteiger partial charge in [-0.3, -0.25) is 24.5 Å². The van der Waals surface area contributed by atoms with Crippen LogP contribution < -0.4 is 10.6 Å². The fourth-order valence-corrected chi connectivity index (χ4v) is 3.87. The van der Waals surface area contributed by atoms with E-state index < -0.39 is 17.5 Å². The standard InChI is InChI=1S/C20H22N6O4/c1-11(27)22-20(2,3)16-10-26(24-23-16)13-5-4-12-9-25(19(30)14(12)8-13)15-6-7-17(28)21-18(15)29/h4-5,8,10,15H,6-7,9H2,1-3H3,(H,22,27)(H,21,28,29). The second kappa shape index (κ2) is 7.05. The number of rotatable bonds is 4. The lowest BCUT2D eigenvalue weighted by Crippen LogP contribution is -2.52. The van der Waals surface area contributed by atoms with E-state index in [1.807, 2.05) is 26.0 Å². The molecule has 156 valence electrons. The van der Waals surface area contributed by atoms with Gasteiger partial charge < -0.3 is 10.2 Å². The van der Waals surface area contributed by atoms with Crippen LogP contribution in [0.2, 0.25) is 0 Å². The molecule has 4 rings (SSSR count). The molecule has 2 N–H and O–H groups in total. The molecular weight excluding hydrogens is 388 g/mol. The molecule has 0 bridgehead atoms. The van der Waals surface area contributed by atoms with Crippen LogP contribution in [0.25, 0.3) is 5.69 Å². The van der Waals surface area contributed by atoms with E-state index >= 15 is 0 Å². The Hall–Kier alpha value is -3.56. The maximum absolute atomic E-state index is 13.0. The number of hydrogen-bond acceptors (Lipinski definition) is 6. The summed E-state index contributed by atoms with van der Waals surface area (Å²) in [4.78, 5) is 49.4. The van der Waals surface area contributed by atoms with E-state index in [0.29, 0.717) is 29.9 Å². The van der Waals surface area contributed by atoms with Crippen molar-refractivity contribution in [3.63, 3.8) is 0 Å². The topological polar surface area (TPSA) is 126 Å². The number of amides is 4. The Balaban J connectivity index is 1.58. The lowest BCUT2D eigenvalue weighted by molar-refractivity contribution is -0.137. The van der Waals surface area contributed by atoms with E-state index in [4.69, 9.17) is 0 Å². The molecule has 4 amide bonds. The second-order valence-electron chi connectivity index (χ2n) is 8.10. The van der Waals surface area contributed by atoms with Gasteiger partial charge in [0, 0.05) is 25.5 Å². The Labute approximate surface area is 172 Å². The summed E-state index contributed by atoms with van der Waals surface area (Å²) in [6.45, 7) is 5.41. The highest BCUT2D eigenvalue weighted by Crippen LogP contribution is 2.29. The Morgan fingerprint density at radius 3 is 2.73 bits per heavy atom. The third-order valence-electron chi connectivity index (χ3n) is 5.40. The van der Waals surface area contributed by atoms with Crippen LogP contribution in [-0.2, 0) is 26.5 Å². The van der Waals surface area contributed by atoms with Crippen molar-refractivity contribution in [1.82, 2.24) is 30.5 Å². The zero-order chi connectivity index (χ0) is 21.6. The molecule has 3 heterocycles. The Morgan fingerprint density at radius 1 is 1.27 bits per heavy atom. The zero-order valence-electron chi connectivity index (χ0n) is 16.9. The van der Waals surface area contributed by atoms with E-state index in [1.54, 1.807) is 16.9 Å². The molecule has 1 atom stereocenters. The first-order valence-corrected chi connectivity index (χ1v) is 9.65. The largest absolute Gasteiger partial charge is 0.346 e. The first-order valence-electron chi connectivity index (χ1n) is 9.65. The van der Waals surface area contributed by atoms with Crippen LogP contribution in [0.5, 0.6) is 0 Å². The van der Waals surface area contributed by atoms with E-state index in [0.717, 1.165) is 5.56 Å². The maximum Gasteiger partial charge on any atom is 0.255 e. The predicted octanol–water partition coefficient (Wildman–Crippen LogP) is 0.400. The molecule has 0 aliphatic carbocycles. The summed E-state index contributed by atoms with van der Waals surface area (Å²) in [5.41, 5.74) is 1.83. The van der Waals surface area contributed by atoms with Crippen LogP contribution in [0, 0.1) is 0 Å². The molecule has 30 heavy (non-hydrogen) atoms. The van der Waals surface area contributed by atoms with Crippen molar-refractivity contribution in [1.29, 1.82) is 0 Å². The molecule has 2 aromatic rings. The zero-order valence-corrected chi connectivity index (χ0v) is 16.9. The normalized spacial score (nSPS) is 19.0. The van der Waals surface area contributed by atoms with Gasteiger partial charge in [0.2, 0.25) is 17.7 Å². The molecule has 1 aromatic carbocycles. The molecule has 10 nitrogen and oxygen atoms in total. The number of piperidine rings is 1. The van der Waals surface area contributed by atoms with Gasteiger partial charge in [0.15, 0.2) is 0 Å². The molecule has 2 aliphatic rings. The number of aromatic nitrogens is 3. The second-order valence-corrected chi connectivity index (χ2v) is 8.10. The van der Waals surface area contributed by atoms with Gasteiger partial charge in [-0.05, 0) is 38.0 Å². The van der Waals surface area contributed by atoms with Crippen LogP contribution >= 0.6 is 0 Å². The van der Waals surface area contributed by atoms with Gasteiger partial charge in [-0.2, -0.15) is 0 Å². The summed E-state index contributed by atoms with van der Waals surface area (Å²) in [5, 5.41) is 13.4. The average molecular weight is 410 g/mol. The van der Waals surface area contributed by atoms with Crippen molar-refractivity contribution in [2.75, 3.05) is 0 Å². The van der Waals surface area contributed by atoms with Crippen LogP contribution in [0.4, 0.5) is 0 Å². The lowest BCUT2D eigenvalue weighted by Gasteiger charge is -2.29. The van der Waals surface area contributed by atoms with Crippen molar-refractivity contribution in [3.05, 3.63) is 41.2 Å². The van der Waals surface area contributed by atoms with E-state index in [-0.39, 0.29) is 24.1 Å². The summed E-state index contributed by atoms with van der Waals surface area (Å²) in [5.74, 6) is -1.17. The quantitative estimate of drug-likeness (QED) is 0.703. The van der Waals surface area contributed by atoms with Crippen molar-refractivity contribution in [3.8, 4) is 5.69 Å². The Kier molecular flexibility index (Phi) is 4.64. The van der Waals surface area contributed by atoms with Crippen LogP contribution in [0.3, 0.4) is 0 Å². The van der Waals surface area contributed by atoms with Gasteiger partial charge in [-0.1, -0.05) is 11.3 Å². The van der Waals surface area contributed by atoms with E-state index in [2.05, 4.69) is 20.9 Å². The summed E-state index contributed by atoms with van der Waals surface area (Å²) in [6, 6.07) is 4.72. The number of hydrogen-bond donors (Lipinski definition) is 2. The van der Waals surface area contributed by atoms with Crippen LogP contribution in [0.15, 0.2) is 24.4 Å². The molecule has 1 unspecified atom stereocenters. The molecule has 0 radical (unpaired) electrons. The molecule has 1 saturated heterocycles. The smallest absolute Gasteiger partial charge is 0.255 e. The fourth-order valence-electron chi connectivity index (χ4n) is 3.87. The van der Waals surface area contributed by atoms with E-state index in [9.17, 15) is 19.2 Å². The van der Waals surface area contributed by atoms with Crippen molar-refractivity contribution >= 4 is 23.6 Å². The summed E-state index contributed by atoms with van der Waals surface area (Å²) < 4.78 is 1.54. The highest BCUT2D eigenvalue weighted by atomic mass is 16.2. The number of carbonyl (C=O) groups is 4. The summed E-state index contributed by atoms with van der Waals surface area (Å²) in [6.07, 6.45) is 2.24. The highest BCUT2D eigenvalue weighted by molar-refractivity contribution is 6.05. The maximum atomic E-state index is 13.0. The van der Waals surface area contributed by atoms with Gasteiger partial charge in [-0.15, -0.1) is 5.10 Å². The lowest BCUT2D eigenvalue weighted by atomic mass is 10.0. The Morgan fingerprint density at radius 2 is 2.03 bits per heavy atom. The first-order chi connectivity index (χ1) is 14.2. The number of nitrogens with one attached hydrogen (secondary N) is 2. The Bertz CT molecular complexity index is 1070. The van der Waals surface area contributed by atoms with Gasteiger partial charge in [-0.25, -0.2) is 4.68 Å². The molecule has 0 saturated carbocycles. The molecule has 1 aromatic heterocycles. The molecule has 2 aliphatic heterocycles. The monoisotopic (exact) mass is 410 g/mol. The minimum Gasteiger partial charge on any atom is -0.346 e. The van der Waals surface area contributed by atoms with Crippen LogP contribution in [-0.4, -0.2) is 49.6 Å². The molecule has 1 fully saturated rings. The third-order valence-corrected chi connectivity index (χ3v) is 5.40. The summed E-state index contributed by atoms with van der Waals surface area (Å²) >= 11 is 0. The molecule has 10 heteroatoms. The van der Waals surface area contributed by atoms with Crippen molar-refractivity contribution in [2.45, 2.75) is 51.7 Å². The number of fused-ring (bicyclic) bond motifs is 1. The van der Waals surface area contributed by atoms with Gasteiger partial charge in [0.05, 0.1) is 17.4 Å². The number of nitrogens with zero attached hydrogens (tertiary/aromatic N) is 4. The number of carbonyl (C=O) groups excluding carboxylic acids is 4. The van der Waals surface area contributed by atoms with E-state index in [1.165, 1.54) is 11.8 Å². The average Bonchev–Trinajstić information content (AvgIpc) is 3.27. The van der Waals surface area contributed by atoms with Crippen molar-refractivity contribution < 1.29 is 19.2 Å². The fraction of sp³-hybridized carbons (Fsp3) is 0.400. The third kappa shape index (κ3) is 3.44. The van der Waals surface area contributed by atoms with Crippen molar-refractivity contribution in [2.24, 2.45) is 0 Å². The van der Waals surface area contributed by atoms with Gasteiger partial charge >= 0.3 is 0 Å². The minimum absolute atomic E-state index is 0.175. The van der Waals surface area contributed by atoms with Gasteiger partial charge in [0.1, 0.15) is 11.7 Å².